The lowest BCUT2D eigenvalue weighted by atomic mass is 9.92. The quantitative estimate of drug-likeness (QED) is 0.824. The number of carboxylic acids is 1. The van der Waals surface area contributed by atoms with Crippen molar-refractivity contribution < 1.29 is 9.90 Å². The van der Waals surface area contributed by atoms with Gasteiger partial charge in [-0.25, -0.2) is 0 Å². The summed E-state index contributed by atoms with van der Waals surface area (Å²) in [6.45, 7) is 2.15. The average molecular weight is 235 g/mol. The first kappa shape index (κ1) is 13.7. The highest BCUT2D eigenvalue weighted by Crippen LogP contribution is 2.23. The van der Waals surface area contributed by atoms with Gasteiger partial charge in [-0.2, -0.15) is 0 Å². The van der Waals surface area contributed by atoms with Crippen molar-refractivity contribution in [2.75, 3.05) is 14.1 Å². The Morgan fingerprint density at radius 1 is 1.29 bits per heavy atom. The van der Waals surface area contributed by atoms with E-state index in [1.807, 2.05) is 37.2 Å². The molecule has 2 unspecified atom stereocenters. The first-order chi connectivity index (χ1) is 8.00. The van der Waals surface area contributed by atoms with Gasteiger partial charge in [0.15, 0.2) is 0 Å². The molecule has 0 spiro atoms. The van der Waals surface area contributed by atoms with Crippen molar-refractivity contribution in [2.45, 2.75) is 31.7 Å². The number of hydrogen-bond acceptors (Lipinski definition) is 2. The minimum Gasteiger partial charge on any atom is -0.481 e. The maximum Gasteiger partial charge on any atom is 0.304 e. The lowest BCUT2D eigenvalue weighted by Crippen LogP contribution is -2.31. The molecule has 1 aromatic carbocycles. The Hall–Kier alpha value is -1.35. The second-order valence-corrected chi connectivity index (χ2v) is 4.76. The van der Waals surface area contributed by atoms with E-state index in [1.165, 1.54) is 5.56 Å². The number of hydrogen-bond donors (Lipinski definition) is 1. The van der Waals surface area contributed by atoms with E-state index in [0.717, 1.165) is 6.42 Å². The van der Waals surface area contributed by atoms with Gasteiger partial charge in [0.1, 0.15) is 0 Å². The lowest BCUT2D eigenvalue weighted by Gasteiger charge is -2.26. The monoisotopic (exact) mass is 235 g/mol. The largest absolute Gasteiger partial charge is 0.481 e. The molecule has 0 heterocycles. The van der Waals surface area contributed by atoms with Crippen LogP contribution >= 0.6 is 0 Å². The number of rotatable bonds is 6. The third-order valence-electron chi connectivity index (χ3n) is 3.13. The molecule has 3 heteroatoms. The Morgan fingerprint density at radius 2 is 1.88 bits per heavy atom. The molecular formula is C14H21NO2. The second-order valence-electron chi connectivity index (χ2n) is 4.76. The fourth-order valence-electron chi connectivity index (χ4n) is 2.00. The van der Waals surface area contributed by atoms with Crippen molar-refractivity contribution in [3.05, 3.63) is 35.9 Å². The number of carboxylic acid groups (broad SMARTS) is 1. The third kappa shape index (κ3) is 4.57. The molecule has 1 N–H and O–H groups in total. The van der Waals surface area contributed by atoms with E-state index in [9.17, 15) is 4.79 Å². The smallest absolute Gasteiger partial charge is 0.304 e. The van der Waals surface area contributed by atoms with E-state index in [4.69, 9.17) is 5.11 Å². The van der Waals surface area contributed by atoms with Crippen LogP contribution in [0, 0.1) is 0 Å². The molecule has 0 saturated heterocycles. The summed E-state index contributed by atoms with van der Waals surface area (Å²) in [5.74, 6) is -0.355. The number of nitrogens with zero attached hydrogens (tertiary/aromatic N) is 1. The zero-order chi connectivity index (χ0) is 12.8. The van der Waals surface area contributed by atoms with Crippen molar-refractivity contribution in [1.82, 2.24) is 4.90 Å². The van der Waals surface area contributed by atoms with E-state index in [-0.39, 0.29) is 12.5 Å². The van der Waals surface area contributed by atoms with Gasteiger partial charge in [0, 0.05) is 6.04 Å². The van der Waals surface area contributed by atoms with Crippen LogP contribution in [0.1, 0.15) is 31.2 Å². The summed E-state index contributed by atoms with van der Waals surface area (Å²) in [5.41, 5.74) is 1.27. The molecule has 0 amide bonds. The van der Waals surface area contributed by atoms with E-state index < -0.39 is 5.97 Å². The first-order valence-corrected chi connectivity index (χ1v) is 5.94. The van der Waals surface area contributed by atoms with Crippen LogP contribution in [-0.4, -0.2) is 36.1 Å². The van der Waals surface area contributed by atoms with Gasteiger partial charge in [0.05, 0.1) is 6.42 Å². The molecule has 0 bridgehead atoms. The topological polar surface area (TPSA) is 40.5 Å². The fraction of sp³-hybridized carbons (Fsp3) is 0.500. The Labute approximate surface area is 103 Å². The first-order valence-electron chi connectivity index (χ1n) is 5.94. The van der Waals surface area contributed by atoms with Crippen molar-refractivity contribution in [1.29, 1.82) is 0 Å². The van der Waals surface area contributed by atoms with E-state index in [2.05, 4.69) is 19.1 Å². The van der Waals surface area contributed by atoms with Gasteiger partial charge in [-0.3, -0.25) is 4.79 Å². The SMILES string of the molecule is CC(CC(CC(=O)O)N(C)C)c1ccccc1. The number of aliphatic carboxylic acids is 1. The van der Waals surface area contributed by atoms with E-state index >= 15 is 0 Å². The molecule has 0 aliphatic rings. The molecular weight excluding hydrogens is 214 g/mol. The highest BCUT2D eigenvalue weighted by molar-refractivity contribution is 5.67. The van der Waals surface area contributed by atoms with Gasteiger partial charge in [0.25, 0.3) is 0 Å². The van der Waals surface area contributed by atoms with Crippen molar-refractivity contribution in [3.8, 4) is 0 Å². The molecule has 3 nitrogen and oxygen atoms in total. The van der Waals surface area contributed by atoms with Crippen LogP contribution in [0.25, 0.3) is 0 Å². The molecule has 0 radical (unpaired) electrons. The number of carbonyl (C=O) groups is 1. The van der Waals surface area contributed by atoms with E-state index in [0.29, 0.717) is 5.92 Å². The zero-order valence-corrected chi connectivity index (χ0v) is 10.8. The van der Waals surface area contributed by atoms with Crippen LogP contribution in [0.2, 0.25) is 0 Å². The van der Waals surface area contributed by atoms with Crippen LogP contribution in [0.5, 0.6) is 0 Å². The molecule has 0 aliphatic heterocycles. The second kappa shape index (κ2) is 6.40. The molecule has 2 atom stereocenters. The van der Waals surface area contributed by atoms with Gasteiger partial charge in [-0.05, 0) is 32.0 Å². The van der Waals surface area contributed by atoms with Crippen LogP contribution in [0.15, 0.2) is 30.3 Å². The lowest BCUT2D eigenvalue weighted by molar-refractivity contribution is -0.138. The summed E-state index contributed by atoms with van der Waals surface area (Å²) in [6.07, 6.45) is 1.06. The zero-order valence-electron chi connectivity index (χ0n) is 10.8. The van der Waals surface area contributed by atoms with E-state index in [1.54, 1.807) is 0 Å². The predicted molar refractivity (Wildman–Crippen MR) is 69.2 cm³/mol. The Morgan fingerprint density at radius 3 is 2.35 bits per heavy atom. The third-order valence-corrected chi connectivity index (χ3v) is 3.13. The summed E-state index contributed by atoms with van der Waals surface area (Å²) in [5, 5.41) is 8.89. The Bertz CT molecular complexity index is 348. The van der Waals surface area contributed by atoms with Crippen molar-refractivity contribution >= 4 is 5.97 Å². The van der Waals surface area contributed by atoms with Gasteiger partial charge in [-0.15, -0.1) is 0 Å². The molecule has 0 saturated carbocycles. The maximum atomic E-state index is 10.8. The molecule has 1 rings (SSSR count). The van der Waals surface area contributed by atoms with Crippen molar-refractivity contribution in [2.24, 2.45) is 0 Å². The van der Waals surface area contributed by atoms with Crippen LogP contribution in [0.4, 0.5) is 0 Å². The fourth-order valence-corrected chi connectivity index (χ4v) is 2.00. The summed E-state index contributed by atoms with van der Waals surface area (Å²) in [7, 11) is 3.87. The number of benzene rings is 1. The molecule has 0 fully saturated rings. The highest BCUT2D eigenvalue weighted by atomic mass is 16.4. The summed E-state index contributed by atoms with van der Waals surface area (Å²) in [4.78, 5) is 12.8. The van der Waals surface area contributed by atoms with Gasteiger partial charge in [0.2, 0.25) is 0 Å². The van der Waals surface area contributed by atoms with Crippen LogP contribution in [0.3, 0.4) is 0 Å². The summed E-state index contributed by atoms with van der Waals surface area (Å²) >= 11 is 0. The minimum atomic E-state index is -0.732. The summed E-state index contributed by atoms with van der Waals surface area (Å²) < 4.78 is 0. The van der Waals surface area contributed by atoms with Gasteiger partial charge < -0.3 is 10.0 Å². The molecule has 0 aliphatic carbocycles. The highest BCUT2D eigenvalue weighted by Gasteiger charge is 2.19. The normalized spacial score (nSPS) is 14.6. The molecule has 17 heavy (non-hydrogen) atoms. The van der Waals surface area contributed by atoms with Crippen LogP contribution < -0.4 is 0 Å². The van der Waals surface area contributed by atoms with Gasteiger partial charge >= 0.3 is 5.97 Å². The predicted octanol–water partition coefficient (Wildman–Crippen LogP) is 2.59. The summed E-state index contributed by atoms with van der Waals surface area (Å²) in [6, 6.07) is 10.3. The van der Waals surface area contributed by atoms with Crippen LogP contribution in [-0.2, 0) is 4.79 Å². The van der Waals surface area contributed by atoms with Gasteiger partial charge in [-0.1, -0.05) is 37.3 Å². The molecule has 94 valence electrons. The Balaban J connectivity index is 2.64. The Kier molecular flexibility index (Phi) is 5.16. The molecule has 1 aromatic rings. The maximum absolute atomic E-state index is 10.8. The minimum absolute atomic E-state index is 0.0858. The molecule has 0 aromatic heterocycles. The standard InChI is InChI=1S/C14H21NO2/c1-11(12-7-5-4-6-8-12)9-13(15(2)3)10-14(16)17/h4-8,11,13H,9-10H2,1-3H3,(H,16,17). The average Bonchev–Trinajstić information content (AvgIpc) is 2.28. The van der Waals surface area contributed by atoms with Crippen molar-refractivity contribution in [3.63, 3.8) is 0 Å².